The smallest absolute Gasteiger partial charge is 0.0262 e. The summed E-state index contributed by atoms with van der Waals surface area (Å²) in [6, 6.07) is 1.64. The van der Waals surface area contributed by atoms with E-state index in [1.165, 1.54) is 19.3 Å². The first-order valence-electron chi connectivity index (χ1n) is 4.52. The van der Waals surface area contributed by atoms with Crippen LogP contribution in [0.4, 0.5) is 0 Å². The van der Waals surface area contributed by atoms with Gasteiger partial charge < -0.3 is 5.73 Å². The van der Waals surface area contributed by atoms with Crippen LogP contribution in [-0.4, -0.2) is 42.2 Å². The maximum absolute atomic E-state index is 5.53. The van der Waals surface area contributed by atoms with Crippen LogP contribution in [0.5, 0.6) is 0 Å². The van der Waals surface area contributed by atoms with E-state index in [0.717, 1.165) is 25.2 Å². The van der Waals surface area contributed by atoms with Crippen molar-refractivity contribution in [3.8, 4) is 0 Å². The Morgan fingerprint density at radius 3 is 2.64 bits per heavy atom. The lowest BCUT2D eigenvalue weighted by Crippen LogP contribution is -2.46. The predicted molar refractivity (Wildman–Crippen MR) is 45.0 cm³/mol. The summed E-state index contributed by atoms with van der Waals surface area (Å²) in [5.74, 6) is 0. The highest BCUT2D eigenvalue weighted by Crippen LogP contribution is 2.35. The van der Waals surface area contributed by atoms with Crippen LogP contribution in [0.25, 0.3) is 0 Å². The number of nitrogens with zero attached hydrogens (tertiary/aromatic N) is 2. The summed E-state index contributed by atoms with van der Waals surface area (Å²) in [6.45, 7) is 1.82. The van der Waals surface area contributed by atoms with Crippen LogP contribution in [0.2, 0.25) is 0 Å². The summed E-state index contributed by atoms with van der Waals surface area (Å²) >= 11 is 0. The van der Waals surface area contributed by atoms with Crippen molar-refractivity contribution in [2.45, 2.75) is 31.3 Å². The molecule has 2 aliphatic rings. The average molecular weight is 155 g/mol. The Morgan fingerprint density at radius 2 is 2.09 bits per heavy atom. The summed E-state index contributed by atoms with van der Waals surface area (Å²) in [5, 5.41) is 4.83. The number of hydrogen-bond donors (Lipinski definition) is 1. The van der Waals surface area contributed by atoms with E-state index < -0.39 is 0 Å². The fourth-order valence-electron chi connectivity index (χ4n) is 2.48. The van der Waals surface area contributed by atoms with Crippen molar-refractivity contribution in [3.05, 3.63) is 0 Å². The van der Waals surface area contributed by atoms with Gasteiger partial charge in [-0.15, -0.1) is 0 Å². The predicted octanol–water partition coefficient (Wildman–Crippen LogP) is 0.0286. The van der Waals surface area contributed by atoms with E-state index in [9.17, 15) is 0 Å². The zero-order valence-electron chi connectivity index (χ0n) is 7.16. The third-order valence-corrected chi connectivity index (χ3v) is 3.09. The van der Waals surface area contributed by atoms with Gasteiger partial charge in [-0.05, 0) is 19.3 Å². The highest BCUT2D eigenvalue weighted by Gasteiger charge is 2.41. The van der Waals surface area contributed by atoms with Crippen LogP contribution in [0.1, 0.15) is 19.3 Å². The Hall–Kier alpha value is -0.120. The Kier molecular flexibility index (Phi) is 1.87. The molecule has 0 spiro atoms. The van der Waals surface area contributed by atoms with Crippen molar-refractivity contribution < 1.29 is 0 Å². The highest BCUT2D eigenvalue weighted by atomic mass is 15.7. The molecule has 1 aliphatic carbocycles. The molecule has 1 heterocycles. The van der Waals surface area contributed by atoms with E-state index in [4.69, 9.17) is 5.73 Å². The zero-order chi connectivity index (χ0) is 7.84. The quantitative estimate of drug-likeness (QED) is 0.610. The minimum atomic E-state index is 0.785. The Bertz CT molecular complexity index is 146. The molecular weight excluding hydrogens is 138 g/mol. The van der Waals surface area contributed by atoms with Crippen LogP contribution in [0, 0.1) is 0 Å². The summed E-state index contributed by atoms with van der Waals surface area (Å²) < 4.78 is 0. The van der Waals surface area contributed by atoms with Gasteiger partial charge in [0.15, 0.2) is 0 Å². The number of hydrazine groups is 1. The lowest BCUT2D eigenvalue weighted by Gasteiger charge is -2.35. The monoisotopic (exact) mass is 155 g/mol. The van der Waals surface area contributed by atoms with Gasteiger partial charge in [-0.2, -0.15) is 0 Å². The maximum Gasteiger partial charge on any atom is 0.0262 e. The molecule has 2 atom stereocenters. The SMILES string of the molecule is CN1[C@H]2CC[C@H](C2)N1CCN. The molecule has 0 unspecified atom stereocenters. The van der Waals surface area contributed by atoms with Gasteiger partial charge in [-0.25, -0.2) is 10.0 Å². The summed E-state index contributed by atoms with van der Waals surface area (Å²) in [7, 11) is 2.19. The molecule has 3 heteroatoms. The van der Waals surface area contributed by atoms with Gasteiger partial charge in [-0.3, -0.25) is 0 Å². The summed E-state index contributed by atoms with van der Waals surface area (Å²) in [4.78, 5) is 0. The molecule has 2 rings (SSSR count). The van der Waals surface area contributed by atoms with Crippen LogP contribution < -0.4 is 5.73 Å². The van der Waals surface area contributed by atoms with Gasteiger partial charge in [0.2, 0.25) is 0 Å². The van der Waals surface area contributed by atoms with Crippen molar-refractivity contribution in [3.63, 3.8) is 0 Å². The Labute approximate surface area is 68.1 Å². The molecule has 0 amide bonds. The van der Waals surface area contributed by atoms with Crippen molar-refractivity contribution in [1.29, 1.82) is 0 Å². The fraction of sp³-hybridized carbons (Fsp3) is 1.00. The molecule has 64 valence electrons. The normalized spacial score (nSPS) is 38.7. The first-order chi connectivity index (χ1) is 5.33. The van der Waals surface area contributed by atoms with Crippen LogP contribution in [0.15, 0.2) is 0 Å². The maximum atomic E-state index is 5.53. The van der Waals surface area contributed by atoms with Crippen LogP contribution >= 0.6 is 0 Å². The number of hydrogen-bond acceptors (Lipinski definition) is 3. The molecule has 0 aromatic carbocycles. The second-order valence-electron chi connectivity index (χ2n) is 3.65. The molecule has 0 aromatic rings. The minimum absolute atomic E-state index is 0.785. The van der Waals surface area contributed by atoms with E-state index in [1.807, 2.05) is 0 Å². The lowest BCUT2D eigenvalue weighted by molar-refractivity contribution is -0.0272. The third-order valence-electron chi connectivity index (χ3n) is 3.09. The van der Waals surface area contributed by atoms with Gasteiger partial charge in [0.05, 0.1) is 0 Å². The Morgan fingerprint density at radius 1 is 1.36 bits per heavy atom. The molecule has 3 nitrogen and oxygen atoms in total. The minimum Gasteiger partial charge on any atom is -0.329 e. The molecule has 11 heavy (non-hydrogen) atoms. The van der Waals surface area contributed by atoms with Gasteiger partial charge >= 0.3 is 0 Å². The first-order valence-corrected chi connectivity index (χ1v) is 4.52. The molecule has 0 aromatic heterocycles. The molecule has 0 radical (unpaired) electrons. The summed E-state index contributed by atoms with van der Waals surface area (Å²) in [6.07, 6.45) is 4.15. The van der Waals surface area contributed by atoms with Gasteiger partial charge in [0.25, 0.3) is 0 Å². The molecule has 2 N–H and O–H groups in total. The van der Waals surface area contributed by atoms with E-state index in [1.54, 1.807) is 0 Å². The topological polar surface area (TPSA) is 32.5 Å². The standard InChI is InChI=1S/C8H17N3/c1-10-7-2-3-8(6-7)11(10)5-4-9/h7-8H,2-6,9H2,1H3/t7-,8+/m0/s1. The molecule has 2 fully saturated rings. The van der Waals surface area contributed by atoms with Crippen LogP contribution in [-0.2, 0) is 0 Å². The molecular formula is C8H17N3. The van der Waals surface area contributed by atoms with Gasteiger partial charge in [0.1, 0.15) is 0 Å². The third kappa shape index (κ3) is 1.08. The molecule has 1 saturated heterocycles. The van der Waals surface area contributed by atoms with Crippen molar-refractivity contribution in [1.82, 2.24) is 10.0 Å². The number of nitrogens with two attached hydrogens (primary N) is 1. The molecule has 2 bridgehead atoms. The van der Waals surface area contributed by atoms with Gasteiger partial charge in [0, 0.05) is 32.2 Å². The van der Waals surface area contributed by atoms with Crippen molar-refractivity contribution in [2.24, 2.45) is 5.73 Å². The van der Waals surface area contributed by atoms with E-state index in [-0.39, 0.29) is 0 Å². The molecule has 1 aliphatic heterocycles. The molecule has 1 saturated carbocycles. The second-order valence-corrected chi connectivity index (χ2v) is 3.65. The van der Waals surface area contributed by atoms with Crippen molar-refractivity contribution >= 4 is 0 Å². The van der Waals surface area contributed by atoms with E-state index >= 15 is 0 Å². The first kappa shape index (κ1) is 7.53. The largest absolute Gasteiger partial charge is 0.329 e. The Balaban J connectivity index is 2.00. The highest BCUT2D eigenvalue weighted by molar-refractivity contribution is 4.92. The van der Waals surface area contributed by atoms with E-state index in [0.29, 0.717) is 0 Å². The second kappa shape index (κ2) is 2.73. The van der Waals surface area contributed by atoms with Crippen LogP contribution in [0.3, 0.4) is 0 Å². The van der Waals surface area contributed by atoms with E-state index in [2.05, 4.69) is 17.1 Å². The zero-order valence-corrected chi connectivity index (χ0v) is 7.16. The number of rotatable bonds is 2. The summed E-state index contributed by atoms with van der Waals surface area (Å²) in [5.41, 5.74) is 5.53. The average Bonchev–Trinajstić information content (AvgIpc) is 2.54. The van der Waals surface area contributed by atoms with Crippen molar-refractivity contribution in [2.75, 3.05) is 20.1 Å². The lowest BCUT2D eigenvalue weighted by atomic mass is 10.2. The number of fused-ring (bicyclic) bond motifs is 2. The van der Waals surface area contributed by atoms with Gasteiger partial charge in [-0.1, -0.05) is 0 Å². The fourth-order valence-corrected chi connectivity index (χ4v) is 2.48.